The summed E-state index contributed by atoms with van der Waals surface area (Å²) >= 11 is 0. The minimum Gasteiger partial charge on any atom is -0.396 e. The summed E-state index contributed by atoms with van der Waals surface area (Å²) in [5, 5.41) is 17.5. The Kier molecular flexibility index (Phi) is 8.40. The first-order chi connectivity index (χ1) is 6.26. The van der Waals surface area contributed by atoms with Crippen molar-refractivity contribution >= 4 is 0 Å². The standard InChI is InChI=1S/C10H23NO2/c1-3-10(2)11(7-9-13)6-4-5-8-12/h10,12-13H,3-9H2,1-2H3. The van der Waals surface area contributed by atoms with Crippen LogP contribution in [0.4, 0.5) is 0 Å². The maximum Gasteiger partial charge on any atom is 0.0558 e. The highest BCUT2D eigenvalue weighted by atomic mass is 16.3. The first-order valence-corrected chi connectivity index (χ1v) is 5.22. The molecule has 0 saturated carbocycles. The molecule has 0 saturated heterocycles. The Morgan fingerprint density at radius 1 is 1.08 bits per heavy atom. The molecule has 13 heavy (non-hydrogen) atoms. The minimum absolute atomic E-state index is 0.226. The van der Waals surface area contributed by atoms with Gasteiger partial charge in [-0.1, -0.05) is 6.92 Å². The average molecular weight is 189 g/mol. The first-order valence-electron chi connectivity index (χ1n) is 5.22. The number of nitrogens with zero attached hydrogens (tertiary/aromatic N) is 1. The van der Waals surface area contributed by atoms with Crippen LogP contribution in [0.15, 0.2) is 0 Å². The molecule has 2 N–H and O–H groups in total. The van der Waals surface area contributed by atoms with Gasteiger partial charge in [0, 0.05) is 19.2 Å². The summed E-state index contributed by atoms with van der Waals surface area (Å²) in [4.78, 5) is 2.27. The molecule has 0 rings (SSSR count). The second-order valence-corrected chi connectivity index (χ2v) is 3.45. The molecule has 0 spiro atoms. The monoisotopic (exact) mass is 189 g/mol. The lowest BCUT2D eigenvalue weighted by molar-refractivity contribution is 0.149. The third kappa shape index (κ3) is 6.02. The lowest BCUT2D eigenvalue weighted by Gasteiger charge is -2.27. The molecular formula is C10H23NO2. The van der Waals surface area contributed by atoms with Crippen LogP contribution >= 0.6 is 0 Å². The number of unbranched alkanes of at least 4 members (excludes halogenated alkanes) is 1. The van der Waals surface area contributed by atoms with Crippen LogP contribution in [0.3, 0.4) is 0 Å². The third-order valence-electron chi connectivity index (χ3n) is 2.45. The van der Waals surface area contributed by atoms with E-state index in [-0.39, 0.29) is 13.2 Å². The first kappa shape index (κ1) is 12.9. The summed E-state index contributed by atoms with van der Waals surface area (Å²) in [7, 11) is 0. The summed E-state index contributed by atoms with van der Waals surface area (Å²) in [6.07, 6.45) is 2.98. The van der Waals surface area contributed by atoms with Gasteiger partial charge in [0.2, 0.25) is 0 Å². The number of aliphatic hydroxyl groups excluding tert-OH is 2. The lowest BCUT2D eigenvalue weighted by atomic mass is 10.2. The smallest absolute Gasteiger partial charge is 0.0558 e. The van der Waals surface area contributed by atoms with Gasteiger partial charge in [-0.05, 0) is 32.7 Å². The maximum absolute atomic E-state index is 8.85. The normalized spacial score (nSPS) is 13.6. The van der Waals surface area contributed by atoms with Crippen LogP contribution in [0, 0.1) is 0 Å². The zero-order valence-electron chi connectivity index (χ0n) is 8.87. The summed E-state index contributed by atoms with van der Waals surface area (Å²) in [5.41, 5.74) is 0. The van der Waals surface area contributed by atoms with Crippen molar-refractivity contribution in [1.29, 1.82) is 0 Å². The van der Waals surface area contributed by atoms with Gasteiger partial charge in [-0.2, -0.15) is 0 Å². The maximum atomic E-state index is 8.85. The van der Waals surface area contributed by atoms with E-state index >= 15 is 0 Å². The van der Waals surface area contributed by atoms with Gasteiger partial charge < -0.3 is 10.2 Å². The Morgan fingerprint density at radius 2 is 1.77 bits per heavy atom. The van der Waals surface area contributed by atoms with Crippen molar-refractivity contribution < 1.29 is 10.2 Å². The van der Waals surface area contributed by atoms with E-state index in [1.165, 1.54) is 0 Å². The van der Waals surface area contributed by atoms with Gasteiger partial charge in [-0.15, -0.1) is 0 Å². The fourth-order valence-corrected chi connectivity index (χ4v) is 1.37. The minimum atomic E-state index is 0.226. The van der Waals surface area contributed by atoms with Crippen LogP contribution in [0.5, 0.6) is 0 Å². The molecule has 0 aromatic carbocycles. The van der Waals surface area contributed by atoms with Crippen molar-refractivity contribution in [2.24, 2.45) is 0 Å². The lowest BCUT2D eigenvalue weighted by Crippen LogP contribution is -2.35. The molecule has 0 radical (unpaired) electrons. The molecule has 80 valence electrons. The molecule has 0 aromatic heterocycles. The van der Waals surface area contributed by atoms with E-state index in [2.05, 4.69) is 18.7 Å². The van der Waals surface area contributed by atoms with Crippen molar-refractivity contribution in [2.45, 2.75) is 39.2 Å². The molecule has 0 aliphatic carbocycles. The Morgan fingerprint density at radius 3 is 2.23 bits per heavy atom. The summed E-state index contributed by atoms with van der Waals surface area (Å²) < 4.78 is 0. The molecular weight excluding hydrogens is 166 g/mol. The summed E-state index contributed by atoms with van der Waals surface area (Å²) in [5.74, 6) is 0. The van der Waals surface area contributed by atoms with Crippen LogP contribution in [-0.4, -0.2) is 47.5 Å². The third-order valence-corrected chi connectivity index (χ3v) is 2.45. The van der Waals surface area contributed by atoms with Gasteiger partial charge >= 0.3 is 0 Å². The molecule has 0 amide bonds. The van der Waals surface area contributed by atoms with Crippen molar-refractivity contribution in [1.82, 2.24) is 4.90 Å². The van der Waals surface area contributed by atoms with Gasteiger partial charge in [0.15, 0.2) is 0 Å². The molecule has 3 nitrogen and oxygen atoms in total. The fraction of sp³-hybridized carbons (Fsp3) is 1.00. The Hall–Kier alpha value is -0.120. The average Bonchev–Trinajstić information content (AvgIpc) is 2.16. The van der Waals surface area contributed by atoms with Gasteiger partial charge in [-0.25, -0.2) is 0 Å². The molecule has 1 unspecified atom stereocenters. The van der Waals surface area contributed by atoms with E-state index in [1.807, 2.05) is 0 Å². The Bertz CT molecular complexity index is 109. The highest BCUT2D eigenvalue weighted by molar-refractivity contribution is 4.65. The Balaban J connectivity index is 3.65. The second kappa shape index (κ2) is 8.48. The molecule has 1 atom stereocenters. The number of rotatable bonds is 8. The van der Waals surface area contributed by atoms with E-state index in [0.29, 0.717) is 6.04 Å². The topological polar surface area (TPSA) is 43.7 Å². The molecule has 0 fully saturated rings. The zero-order valence-corrected chi connectivity index (χ0v) is 8.87. The van der Waals surface area contributed by atoms with Gasteiger partial charge in [-0.3, -0.25) is 4.90 Å². The number of hydrogen-bond acceptors (Lipinski definition) is 3. The van der Waals surface area contributed by atoms with Crippen LogP contribution in [0.1, 0.15) is 33.1 Å². The van der Waals surface area contributed by atoms with E-state index in [4.69, 9.17) is 10.2 Å². The van der Waals surface area contributed by atoms with Gasteiger partial charge in [0.05, 0.1) is 6.61 Å². The van der Waals surface area contributed by atoms with Gasteiger partial charge in [0.1, 0.15) is 0 Å². The molecule has 0 aromatic rings. The number of hydrogen-bond donors (Lipinski definition) is 2. The van der Waals surface area contributed by atoms with E-state index in [0.717, 1.165) is 32.4 Å². The molecule has 3 heteroatoms. The van der Waals surface area contributed by atoms with Crippen molar-refractivity contribution in [3.8, 4) is 0 Å². The molecule has 0 aliphatic rings. The van der Waals surface area contributed by atoms with E-state index in [9.17, 15) is 0 Å². The zero-order chi connectivity index (χ0) is 10.1. The Labute approximate surface area is 81.4 Å². The van der Waals surface area contributed by atoms with Crippen LogP contribution in [0.25, 0.3) is 0 Å². The van der Waals surface area contributed by atoms with Crippen LogP contribution in [-0.2, 0) is 0 Å². The van der Waals surface area contributed by atoms with Crippen LogP contribution < -0.4 is 0 Å². The summed E-state index contributed by atoms with van der Waals surface area (Å²) in [6.45, 7) is 6.56. The van der Waals surface area contributed by atoms with Crippen molar-refractivity contribution in [3.05, 3.63) is 0 Å². The van der Waals surface area contributed by atoms with Gasteiger partial charge in [0.25, 0.3) is 0 Å². The predicted octanol–water partition coefficient (Wildman–Crippen LogP) is 0.852. The largest absolute Gasteiger partial charge is 0.396 e. The van der Waals surface area contributed by atoms with Crippen molar-refractivity contribution in [2.75, 3.05) is 26.3 Å². The molecule has 0 aliphatic heterocycles. The molecule has 0 bridgehead atoms. The van der Waals surface area contributed by atoms with Crippen LogP contribution in [0.2, 0.25) is 0 Å². The fourth-order valence-electron chi connectivity index (χ4n) is 1.37. The second-order valence-electron chi connectivity index (χ2n) is 3.45. The SMILES string of the molecule is CCC(C)N(CCO)CCCCO. The number of aliphatic hydroxyl groups is 2. The highest BCUT2D eigenvalue weighted by Gasteiger charge is 2.09. The van der Waals surface area contributed by atoms with Crippen molar-refractivity contribution in [3.63, 3.8) is 0 Å². The summed E-state index contributed by atoms with van der Waals surface area (Å²) in [6, 6.07) is 0.533. The van der Waals surface area contributed by atoms with E-state index < -0.39 is 0 Å². The quantitative estimate of drug-likeness (QED) is 0.556. The highest BCUT2D eigenvalue weighted by Crippen LogP contribution is 2.04. The molecule has 0 heterocycles. The predicted molar refractivity (Wildman–Crippen MR) is 54.7 cm³/mol. The van der Waals surface area contributed by atoms with E-state index in [1.54, 1.807) is 0 Å².